The fourth-order valence-corrected chi connectivity index (χ4v) is 5.55. The largest absolute Gasteiger partial charge is 0.523 e. The molecule has 4 aliphatic rings. The number of nitrogens with one attached hydrogen (secondary N) is 2. The van der Waals surface area contributed by atoms with E-state index in [1.807, 2.05) is 0 Å². The van der Waals surface area contributed by atoms with Crippen molar-refractivity contribution in [1.82, 2.24) is 10.6 Å². The molecule has 0 radical (unpaired) electrons. The van der Waals surface area contributed by atoms with Gasteiger partial charge < -0.3 is 25.0 Å². The zero-order chi connectivity index (χ0) is 28.9. The molecule has 214 valence electrons. The van der Waals surface area contributed by atoms with Crippen LogP contribution in [0.4, 0.5) is 23.2 Å². The van der Waals surface area contributed by atoms with Gasteiger partial charge in [-0.1, -0.05) is 17.7 Å². The molecule has 2 bridgehead atoms. The van der Waals surface area contributed by atoms with Crippen LogP contribution in [0.5, 0.6) is 11.5 Å². The lowest BCUT2D eigenvalue weighted by Gasteiger charge is -2.70. The summed E-state index contributed by atoms with van der Waals surface area (Å²) in [7, 11) is 0. The third-order valence-corrected chi connectivity index (χ3v) is 7.37. The number of rotatable bonds is 8. The minimum Gasteiger partial charge on any atom is -0.484 e. The van der Waals surface area contributed by atoms with Crippen molar-refractivity contribution in [2.45, 2.75) is 49.7 Å². The summed E-state index contributed by atoms with van der Waals surface area (Å²) in [4.78, 5) is 39.1. The Morgan fingerprint density at radius 1 is 1.07 bits per heavy atom. The fourth-order valence-electron chi connectivity index (χ4n) is 5.43. The molecule has 1 unspecified atom stereocenters. The van der Waals surface area contributed by atoms with Gasteiger partial charge in [0.25, 0.3) is 17.7 Å². The average molecular weight is 586 g/mol. The van der Waals surface area contributed by atoms with Gasteiger partial charge in [0, 0.05) is 17.1 Å². The Labute approximate surface area is 230 Å². The number of halogens is 5. The number of ether oxygens (including phenoxy) is 3. The highest BCUT2D eigenvalue weighted by Crippen LogP contribution is 2.60. The van der Waals surface area contributed by atoms with Gasteiger partial charge in [0.05, 0.1) is 17.3 Å². The highest BCUT2D eigenvalue weighted by molar-refractivity contribution is 6.30. The van der Waals surface area contributed by atoms with Crippen LogP contribution in [-0.2, 0) is 19.1 Å². The van der Waals surface area contributed by atoms with Crippen LogP contribution in [0.15, 0.2) is 36.4 Å². The zero-order valence-corrected chi connectivity index (χ0v) is 21.8. The number of amides is 3. The first-order valence-electron chi connectivity index (χ1n) is 12.2. The summed E-state index contributed by atoms with van der Waals surface area (Å²) in [5.74, 6) is -2.25. The van der Waals surface area contributed by atoms with E-state index in [1.54, 1.807) is 25.1 Å². The standard InChI is InChI=1S/C26H24ClF4N3O6/c1-14-2-5-19-18(6-14)34(22(36)10-39-26(29,30)31)8-20(40-19)23(37)33-25-11-24(12-25,13-25)32-21(35)9-38-15-3-4-16(27)17(28)7-15/h2-7,20H,8-13H2,1H3,(H,32,35)(H,33,37). The monoisotopic (exact) mass is 585 g/mol. The molecule has 1 atom stereocenters. The molecule has 0 aromatic heterocycles. The van der Waals surface area contributed by atoms with Crippen LogP contribution in [-0.4, -0.2) is 61.0 Å². The number of alkyl halides is 3. The van der Waals surface area contributed by atoms with E-state index in [0.29, 0.717) is 19.3 Å². The number of carbonyl (C=O) groups is 3. The summed E-state index contributed by atoms with van der Waals surface area (Å²) >= 11 is 5.63. The van der Waals surface area contributed by atoms with E-state index in [2.05, 4.69) is 15.4 Å². The molecule has 40 heavy (non-hydrogen) atoms. The van der Waals surface area contributed by atoms with Crippen LogP contribution in [0.2, 0.25) is 5.02 Å². The van der Waals surface area contributed by atoms with Crippen LogP contribution in [0, 0.1) is 12.7 Å². The van der Waals surface area contributed by atoms with Gasteiger partial charge in [-0.15, -0.1) is 13.2 Å². The normalized spacial score (nSPS) is 24.6. The average Bonchev–Trinajstić information content (AvgIpc) is 2.84. The summed E-state index contributed by atoms with van der Waals surface area (Å²) in [6.07, 6.45) is -4.78. The van der Waals surface area contributed by atoms with Crippen molar-refractivity contribution in [3.63, 3.8) is 0 Å². The van der Waals surface area contributed by atoms with E-state index >= 15 is 0 Å². The number of fused-ring (bicyclic) bond motifs is 1. The highest BCUT2D eigenvalue weighted by atomic mass is 35.5. The number of aryl methyl sites for hydroxylation is 1. The topological polar surface area (TPSA) is 106 Å². The first-order valence-corrected chi connectivity index (χ1v) is 12.6. The SMILES string of the molecule is Cc1ccc2c(c1)N(C(=O)COC(F)(F)F)CC(C(=O)NC13CC(NC(=O)COc4ccc(Cl)c(F)c4)(C1)C3)O2. The van der Waals surface area contributed by atoms with Crippen molar-refractivity contribution in [3.8, 4) is 11.5 Å². The van der Waals surface area contributed by atoms with E-state index in [0.717, 1.165) is 16.5 Å². The van der Waals surface area contributed by atoms with Crippen molar-refractivity contribution in [3.05, 3.63) is 52.8 Å². The summed E-state index contributed by atoms with van der Waals surface area (Å²) < 4.78 is 65.9. The third-order valence-electron chi connectivity index (χ3n) is 7.06. The van der Waals surface area contributed by atoms with Gasteiger partial charge in [0.2, 0.25) is 0 Å². The molecule has 2 aromatic carbocycles. The molecule has 9 nitrogen and oxygen atoms in total. The Kier molecular flexibility index (Phi) is 7.07. The van der Waals surface area contributed by atoms with Gasteiger partial charge in [-0.25, -0.2) is 4.39 Å². The molecule has 3 amide bonds. The van der Waals surface area contributed by atoms with Crippen molar-refractivity contribution in [1.29, 1.82) is 0 Å². The van der Waals surface area contributed by atoms with Crippen LogP contribution >= 0.6 is 11.6 Å². The number of carbonyl (C=O) groups excluding carboxylic acids is 3. The fraction of sp³-hybridized carbons (Fsp3) is 0.423. The minimum absolute atomic E-state index is 0.0641. The Bertz CT molecular complexity index is 1350. The number of nitrogens with zero attached hydrogens (tertiary/aromatic N) is 1. The Morgan fingerprint density at radius 3 is 2.45 bits per heavy atom. The number of hydrogen-bond donors (Lipinski definition) is 2. The molecule has 1 heterocycles. The van der Waals surface area contributed by atoms with Crippen molar-refractivity contribution >= 4 is 35.0 Å². The van der Waals surface area contributed by atoms with E-state index < -0.39 is 53.7 Å². The van der Waals surface area contributed by atoms with E-state index in [9.17, 15) is 31.9 Å². The van der Waals surface area contributed by atoms with Gasteiger partial charge in [-0.05, 0) is 56.0 Å². The van der Waals surface area contributed by atoms with Crippen LogP contribution in [0.3, 0.4) is 0 Å². The van der Waals surface area contributed by atoms with Crippen molar-refractivity contribution in [2.24, 2.45) is 0 Å². The predicted molar refractivity (Wildman–Crippen MR) is 132 cm³/mol. The lowest BCUT2D eigenvalue weighted by Crippen LogP contribution is -2.84. The second kappa shape index (κ2) is 10.1. The summed E-state index contributed by atoms with van der Waals surface area (Å²) in [5, 5.41) is 5.71. The van der Waals surface area contributed by atoms with Crippen molar-refractivity contribution in [2.75, 3.05) is 24.7 Å². The molecule has 2 N–H and O–H groups in total. The molecule has 14 heteroatoms. The lowest BCUT2D eigenvalue weighted by atomic mass is 9.44. The van der Waals surface area contributed by atoms with Gasteiger partial charge in [-0.3, -0.25) is 19.1 Å². The highest BCUT2D eigenvalue weighted by Gasteiger charge is 2.69. The second-order valence-electron chi connectivity index (χ2n) is 10.3. The second-order valence-corrected chi connectivity index (χ2v) is 10.7. The van der Waals surface area contributed by atoms with Gasteiger partial charge in [-0.2, -0.15) is 0 Å². The molecule has 3 aliphatic carbocycles. The van der Waals surface area contributed by atoms with E-state index in [-0.39, 0.29) is 35.4 Å². The molecule has 0 spiro atoms. The summed E-state index contributed by atoms with van der Waals surface area (Å²) in [6, 6.07) is 8.64. The molecular weight excluding hydrogens is 562 g/mol. The summed E-state index contributed by atoms with van der Waals surface area (Å²) in [6.45, 7) is -0.134. The molecule has 3 saturated carbocycles. The van der Waals surface area contributed by atoms with Crippen molar-refractivity contribution < 1.29 is 46.2 Å². The number of anilines is 1. The zero-order valence-electron chi connectivity index (χ0n) is 21.1. The van der Waals surface area contributed by atoms with Gasteiger partial charge in [0.15, 0.2) is 12.7 Å². The molecular formula is C26H24ClF4N3O6. The quantitative estimate of drug-likeness (QED) is 0.460. The number of hydrogen-bond acceptors (Lipinski definition) is 6. The van der Waals surface area contributed by atoms with Crippen LogP contribution in [0.1, 0.15) is 24.8 Å². The maximum atomic E-state index is 13.5. The maximum Gasteiger partial charge on any atom is 0.523 e. The number of benzene rings is 2. The Morgan fingerprint density at radius 2 is 1.77 bits per heavy atom. The van der Waals surface area contributed by atoms with E-state index in [1.165, 1.54) is 12.1 Å². The van der Waals surface area contributed by atoms with Gasteiger partial charge in [0.1, 0.15) is 23.9 Å². The first kappa shape index (κ1) is 28.0. The van der Waals surface area contributed by atoms with Crippen LogP contribution in [0.25, 0.3) is 0 Å². The predicted octanol–water partition coefficient (Wildman–Crippen LogP) is 3.40. The van der Waals surface area contributed by atoms with Gasteiger partial charge >= 0.3 is 6.36 Å². The Balaban J connectivity index is 1.15. The first-order chi connectivity index (χ1) is 18.8. The minimum atomic E-state index is -4.98. The molecule has 6 rings (SSSR count). The molecule has 2 aromatic rings. The maximum absolute atomic E-state index is 13.5. The lowest BCUT2D eigenvalue weighted by molar-refractivity contribution is -0.320. The Hall–Kier alpha value is -3.58. The van der Waals surface area contributed by atoms with E-state index in [4.69, 9.17) is 21.1 Å². The molecule has 1 aliphatic heterocycles. The van der Waals surface area contributed by atoms with Crippen LogP contribution < -0.4 is 25.0 Å². The smallest absolute Gasteiger partial charge is 0.484 e. The molecule has 0 saturated heterocycles. The summed E-state index contributed by atoms with van der Waals surface area (Å²) in [5.41, 5.74) is -0.0920. The third kappa shape index (κ3) is 5.80. The molecule has 3 fully saturated rings.